The van der Waals surface area contributed by atoms with E-state index in [2.05, 4.69) is 5.32 Å². The molecule has 0 spiro atoms. The summed E-state index contributed by atoms with van der Waals surface area (Å²) in [5, 5.41) is 12.4. The van der Waals surface area contributed by atoms with Gasteiger partial charge in [0, 0.05) is 25.3 Å². The zero-order valence-electron chi connectivity index (χ0n) is 12.3. The van der Waals surface area contributed by atoms with Crippen molar-refractivity contribution in [2.24, 2.45) is 0 Å². The minimum Gasteiger partial charge on any atom is -0.394 e. The highest BCUT2D eigenvalue weighted by molar-refractivity contribution is 5.95. The quantitative estimate of drug-likeness (QED) is 0.885. The third-order valence-corrected chi connectivity index (χ3v) is 3.31. The molecule has 1 amide bonds. The summed E-state index contributed by atoms with van der Waals surface area (Å²) in [4.78, 5) is 14.3. The first-order valence-corrected chi connectivity index (χ1v) is 6.86. The maximum Gasteiger partial charge on any atom is 0.251 e. The Morgan fingerprint density at radius 1 is 1.14 bits per heavy atom. The first kappa shape index (κ1) is 15.1. The molecule has 0 saturated carbocycles. The van der Waals surface area contributed by atoms with Crippen LogP contribution in [0.1, 0.15) is 22.0 Å². The molecule has 2 aromatic rings. The second-order valence-electron chi connectivity index (χ2n) is 5.06. The summed E-state index contributed by atoms with van der Waals surface area (Å²) < 4.78 is 0. The van der Waals surface area contributed by atoms with Crippen LogP contribution in [0, 0.1) is 0 Å². The van der Waals surface area contributed by atoms with Gasteiger partial charge in [-0.25, -0.2) is 0 Å². The minimum atomic E-state index is -0.401. The Morgan fingerprint density at radius 3 is 2.48 bits per heavy atom. The first-order chi connectivity index (χ1) is 10.1. The number of aliphatic hydroxyl groups excluding tert-OH is 1. The lowest BCUT2D eigenvalue weighted by molar-refractivity contribution is 0.0916. The van der Waals surface area contributed by atoms with Gasteiger partial charge < -0.3 is 15.3 Å². The van der Waals surface area contributed by atoms with Gasteiger partial charge in [0.25, 0.3) is 5.91 Å². The maximum absolute atomic E-state index is 12.3. The zero-order valence-corrected chi connectivity index (χ0v) is 12.3. The van der Waals surface area contributed by atoms with E-state index in [0.29, 0.717) is 5.56 Å². The summed E-state index contributed by atoms with van der Waals surface area (Å²) in [6.07, 6.45) is 0. The Kier molecular flexibility index (Phi) is 4.95. The van der Waals surface area contributed by atoms with Crippen LogP contribution in [-0.4, -0.2) is 31.7 Å². The second kappa shape index (κ2) is 6.90. The van der Waals surface area contributed by atoms with E-state index in [1.807, 2.05) is 67.5 Å². The summed E-state index contributed by atoms with van der Waals surface area (Å²) >= 11 is 0. The molecule has 0 aromatic heterocycles. The van der Waals surface area contributed by atoms with Crippen molar-refractivity contribution in [2.75, 3.05) is 25.6 Å². The summed E-state index contributed by atoms with van der Waals surface area (Å²) in [6, 6.07) is 16.4. The lowest BCUT2D eigenvalue weighted by atomic mass is 10.1. The first-order valence-electron chi connectivity index (χ1n) is 6.86. The van der Waals surface area contributed by atoms with Gasteiger partial charge in [-0.15, -0.1) is 0 Å². The number of amides is 1. The summed E-state index contributed by atoms with van der Waals surface area (Å²) in [5.74, 6) is -0.193. The molecule has 0 bridgehead atoms. The number of carbonyl (C=O) groups is 1. The van der Waals surface area contributed by atoms with E-state index in [1.165, 1.54) is 0 Å². The van der Waals surface area contributed by atoms with Crippen LogP contribution in [0.4, 0.5) is 5.69 Å². The minimum absolute atomic E-state index is 0.136. The topological polar surface area (TPSA) is 52.6 Å². The molecule has 0 aliphatic carbocycles. The van der Waals surface area contributed by atoms with E-state index in [9.17, 15) is 9.90 Å². The molecule has 1 atom stereocenters. The fraction of sp³-hybridized carbons (Fsp3) is 0.235. The van der Waals surface area contributed by atoms with E-state index in [0.717, 1.165) is 11.3 Å². The van der Waals surface area contributed by atoms with Crippen molar-refractivity contribution in [1.29, 1.82) is 0 Å². The average molecular weight is 284 g/mol. The predicted octanol–water partition coefficient (Wildman–Crippen LogP) is 2.22. The molecule has 4 heteroatoms. The molecule has 0 fully saturated rings. The highest BCUT2D eigenvalue weighted by Crippen LogP contribution is 2.16. The van der Waals surface area contributed by atoms with Gasteiger partial charge >= 0.3 is 0 Å². The molecule has 0 radical (unpaired) electrons. The van der Waals surface area contributed by atoms with E-state index in [4.69, 9.17) is 0 Å². The van der Waals surface area contributed by atoms with Gasteiger partial charge in [0.05, 0.1) is 12.6 Å². The molecule has 0 saturated heterocycles. The Bertz CT molecular complexity index is 597. The molecule has 0 aliphatic rings. The van der Waals surface area contributed by atoms with Crippen molar-refractivity contribution in [3.8, 4) is 0 Å². The molecule has 2 rings (SSSR count). The fourth-order valence-corrected chi connectivity index (χ4v) is 2.09. The zero-order chi connectivity index (χ0) is 15.2. The number of anilines is 1. The monoisotopic (exact) mass is 284 g/mol. The number of benzene rings is 2. The van der Waals surface area contributed by atoms with Gasteiger partial charge in [0.1, 0.15) is 0 Å². The van der Waals surface area contributed by atoms with Crippen LogP contribution in [0.2, 0.25) is 0 Å². The number of carbonyl (C=O) groups excluding carboxylic acids is 1. The SMILES string of the molecule is CN(C)c1cccc(C(=O)N[C@@H](CO)c2ccccc2)c1. The Morgan fingerprint density at radius 2 is 1.86 bits per heavy atom. The largest absolute Gasteiger partial charge is 0.394 e. The van der Waals surface area contributed by atoms with Crippen molar-refractivity contribution in [1.82, 2.24) is 5.32 Å². The lowest BCUT2D eigenvalue weighted by Crippen LogP contribution is -2.30. The van der Waals surface area contributed by atoms with Crippen molar-refractivity contribution in [2.45, 2.75) is 6.04 Å². The Hall–Kier alpha value is -2.33. The number of hydrogen-bond acceptors (Lipinski definition) is 3. The van der Waals surface area contributed by atoms with Crippen LogP contribution >= 0.6 is 0 Å². The van der Waals surface area contributed by atoms with Crippen molar-refractivity contribution < 1.29 is 9.90 Å². The normalized spacial score (nSPS) is 11.8. The molecule has 2 N–H and O–H groups in total. The van der Waals surface area contributed by atoms with Crippen LogP contribution in [0.5, 0.6) is 0 Å². The molecule has 0 aliphatic heterocycles. The van der Waals surface area contributed by atoms with Crippen LogP contribution in [0.25, 0.3) is 0 Å². The van der Waals surface area contributed by atoms with E-state index >= 15 is 0 Å². The average Bonchev–Trinajstić information content (AvgIpc) is 2.53. The van der Waals surface area contributed by atoms with Crippen LogP contribution in [0.3, 0.4) is 0 Å². The number of aliphatic hydroxyl groups is 1. The van der Waals surface area contributed by atoms with E-state index in [-0.39, 0.29) is 12.5 Å². The van der Waals surface area contributed by atoms with Crippen LogP contribution < -0.4 is 10.2 Å². The summed E-state index contributed by atoms with van der Waals surface area (Å²) in [7, 11) is 3.86. The fourth-order valence-electron chi connectivity index (χ4n) is 2.09. The third-order valence-electron chi connectivity index (χ3n) is 3.31. The standard InChI is InChI=1S/C17H20N2O2/c1-19(2)15-10-6-9-14(11-15)17(21)18-16(12-20)13-7-4-3-5-8-13/h3-11,16,20H,12H2,1-2H3,(H,18,21)/t16-/m0/s1. The number of nitrogens with zero attached hydrogens (tertiary/aromatic N) is 1. The lowest BCUT2D eigenvalue weighted by Gasteiger charge is -2.18. The smallest absolute Gasteiger partial charge is 0.251 e. The van der Waals surface area contributed by atoms with Gasteiger partial charge in [-0.3, -0.25) is 4.79 Å². The van der Waals surface area contributed by atoms with E-state index < -0.39 is 6.04 Å². The highest BCUT2D eigenvalue weighted by Gasteiger charge is 2.15. The van der Waals surface area contributed by atoms with Crippen LogP contribution in [0.15, 0.2) is 54.6 Å². The van der Waals surface area contributed by atoms with Gasteiger partial charge in [0.15, 0.2) is 0 Å². The second-order valence-corrected chi connectivity index (χ2v) is 5.06. The summed E-state index contributed by atoms with van der Waals surface area (Å²) in [6.45, 7) is -0.136. The van der Waals surface area contributed by atoms with Crippen molar-refractivity contribution >= 4 is 11.6 Å². The van der Waals surface area contributed by atoms with Gasteiger partial charge in [0.2, 0.25) is 0 Å². The van der Waals surface area contributed by atoms with E-state index in [1.54, 1.807) is 6.07 Å². The summed E-state index contributed by atoms with van der Waals surface area (Å²) in [5.41, 5.74) is 2.43. The van der Waals surface area contributed by atoms with Gasteiger partial charge in [-0.05, 0) is 23.8 Å². The highest BCUT2D eigenvalue weighted by atomic mass is 16.3. The molecule has 0 heterocycles. The number of nitrogens with one attached hydrogen (secondary N) is 1. The van der Waals surface area contributed by atoms with Gasteiger partial charge in [-0.2, -0.15) is 0 Å². The van der Waals surface area contributed by atoms with Crippen molar-refractivity contribution in [3.63, 3.8) is 0 Å². The molecular weight excluding hydrogens is 264 g/mol. The number of rotatable bonds is 5. The molecule has 21 heavy (non-hydrogen) atoms. The molecule has 110 valence electrons. The van der Waals surface area contributed by atoms with Crippen LogP contribution in [-0.2, 0) is 0 Å². The third kappa shape index (κ3) is 3.83. The predicted molar refractivity (Wildman–Crippen MR) is 84.5 cm³/mol. The Balaban J connectivity index is 2.15. The molecular formula is C17H20N2O2. The van der Waals surface area contributed by atoms with Crippen molar-refractivity contribution in [3.05, 3.63) is 65.7 Å². The Labute approximate surface area is 125 Å². The van der Waals surface area contributed by atoms with Gasteiger partial charge in [-0.1, -0.05) is 36.4 Å². The molecule has 2 aromatic carbocycles. The number of hydrogen-bond donors (Lipinski definition) is 2. The maximum atomic E-state index is 12.3. The molecule has 4 nitrogen and oxygen atoms in total. The molecule has 0 unspecified atom stereocenters.